The second-order valence-electron chi connectivity index (χ2n) is 9.56. The molecular formula is C26H32N4O4S. The molecule has 0 radical (unpaired) electrons. The lowest BCUT2D eigenvalue weighted by Crippen LogP contribution is -2.67. The molecule has 1 amide bonds. The van der Waals surface area contributed by atoms with Crippen molar-refractivity contribution < 1.29 is 19.1 Å². The number of carbonyl (C=O) groups excluding carboxylic acids is 2. The summed E-state index contributed by atoms with van der Waals surface area (Å²) in [6.45, 7) is 3.90. The fraction of sp³-hybridized carbons (Fsp3) is 0.500. The minimum atomic E-state index is -0.941. The summed E-state index contributed by atoms with van der Waals surface area (Å²) in [6, 6.07) is 13.0. The third-order valence-corrected chi connectivity index (χ3v) is 8.78. The van der Waals surface area contributed by atoms with Gasteiger partial charge in [0.1, 0.15) is 16.5 Å². The number of anilines is 1. The molecule has 1 aromatic carbocycles. The van der Waals surface area contributed by atoms with Crippen molar-refractivity contribution in [3.05, 3.63) is 52.9 Å². The molecule has 0 aliphatic carbocycles. The first-order valence-electron chi connectivity index (χ1n) is 12.1. The van der Waals surface area contributed by atoms with Gasteiger partial charge >= 0.3 is 5.97 Å². The van der Waals surface area contributed by atoms with Crippen molar-refractivity contribution in [3.63, 3.8) is 0 Å². The first kappa shape index (κ1) is 24.0. The number of rotatable bonds is 7. The zero-order valence-corrected chi connectivity index (χ0v) is 21.2. The molecule has 9 heteroatoms. The number of esters is 1. The predicted molar refractivity (Wildman–Crippen MR) is 136 cm³/mol. The van der Waals surface area contributed by atoms with Gasteiger partial charge in [-0.25, -0.2) is 4.79 Å². The van der Waals surface area contributed by atoms with Crippen LogP contribution in [0, 0.1) is 5.92 Å². The first-order chi connectivity index (χ1) is 17.0. The number of ether oxygens (including phenoxy) is 2. The molecular weight excluding hydrogens is 464 g/mol. The maximum absolute atomic E-state index is 14.6. The summed E-state index contributed by atoms with van der Waals surface area (Å²) in [5.41, 5.74) is 3.18. The third-order valence-electron chi connectivity index (χ3n) is 7.73. The Morgan fingerprint density at radius 3 is 2.49 bits per heavy atom. The number of hydrogen-bond acceptors (Lipinski definition) is 8. The molecule has 4 unspecified atom stereocenters. The van der Waals surface area contributed by atoms with E-state index < -0.39 is 17.6 Å². The maximum atomic E-state index is 14.6. The molecule has 4 aliphatic rings. The number of hydrogen-bond donors (Lipinski definition) is 1. The van der Waals surface area contributed by atoms with Crippen LogP contribution in [0.4, 0.5) is 5.00 Å². The second-order valence-corrected chi connectivity index (χ2v) is 10.6. The molecule has 186 valence electrons. The Kier molecular flexibility index (Phi) is 6.65. The van der Waals surface area contributed by atoms with E-state index in [-0.39, 0.29) is 18.0 Å². The fourth-order valence-electron chi connectivity index (χ4n) is 5.87. The van der Waals surface area contributed by atoms with Crippen molar-refractivity contribution in [3.8, 4) is 0 Å². The molecule has 35 heavy (non-hydrogen) atoms. The van der Waals surface area contributed by atoms with Gasteiger partial charge in [0.15, 0.2) is 0 Å². The Morgan fingerprint density at radius 1 is 1.17 bits per heavy atom. The number of fused-ring (bicyclic) bond motifs is 3. The SMILES string of the molecule is COC(=O)c1ccc(N(C(=O)C2CC3CCN2CC3)C2(C(OC)c3ccccc3)C=NNC2C)s1. The van der Waals surface area contributed by atoms with Gasteiger partial charge in [0.2, 0.25) is 5.91 Å². The lowest BCUT2D eigenvalue weighted by molar-refractivity contribution is -0.129. The van der Waals surface area contributed by atoms with Crippen molar-refractivity contribution in [1.82, 2.24) is 10.3 Å². The summed E-state index contributed by atoms with van der Waals surface area (Å²) in [4.78, 5) is 31.5. The van der Waals surface area contributed by atoms with Gasteiger partial charge in [-0.3, -0.25) is 14.6 Å². The van der Waals surface area contributed by atoms with E-state index in [2.05, 4.69) is 15.4 Å². The number of thiophene rings is 1. The van der Waals surface area contributed by atoms with Crippen LogP contribution in [-0.4, -0.2) is 67.9 Å². The lowest BCUT2D eigenvalue weighted by atomic mass is 9.79. The van der Waals surface area contributed by atoms with E-state index in [0.717, 1.165) is 37.9 Å². The van der Waals surface area contributed by atoms with Crippen molar-refractivity contribution in [1.29, 1.82) is 0 Å². The van der Waals surface area contributed by atoms with E-state index >= 15 is 0 Å². The summed E-state index contributed by atoms with van der Waals surface area (Å²) < 4.78 is 11.1. The molecule has 1 N–H and O–H groups in total. The highest BCUT2D eigenvalue weighted by Gasteiger charge is 2.56. The highest BCUT2D eigenvalue weighted by Crippen LogP contribution is 2.44. The van der Waals surface area contributed by atoms with Crippen LogP contribution in [0.2, 0.25) is 0 Å². The van der Waals surface area contributed by atoms with Gasteiger partial charge in [0.05, 0.1) is 30.4 Å². The number of piperidine rings is 3. The van der Waals surface area contributed by atoms with Crippen LogP contribution in [0.1, 0.15) is 47.5 Å². The summed E-state index contributed by atoms with van der Waals surface area (Å²) in [5, 5.41) is 5.12. The molecule has 0 saturated carbocycles. The molecule has 8 nitrogen and oxygen atoms in total. The molecule has 2 aromatic rings. The number of benzene rings is 1. The normalized spacial score (nSPS) is 30.0. The molecule has 3 fully saturated rings. The number of carbonyl (C=O) groups is 2. The van der Waals surface area contributed by atoms with Gasteiger partial charge in [-0.05, 0) is 62.9 Å². The first-order valence-corrected chi connectivity index (χ1v) is 12.9. The Morgan fingerprint density at radius 2 is 1.91 bits per heavy atom. The summed E-state index contributed by atoms with van der Waals surface area (Å²) in [5.74, 6) is 0.175. The quantitative estimate of drug-likeness (QED) is 0.591. The highest BCUT2D eigenvalue weighted by molar-refractivity contribution is 7.18. The van der Waals surface area contributed by atoms with E-state index in [1.165, 1.54) is 18.4 Å². The van der Waals surface area contributed by atoms with Gasteiger partial charge in [0.25, 0.3) is 0 Å². The van der Waals surface area contributed by atoms with Gasteiger partial charge in [-0.1, -0.05) is 30.3 Å². The van der Waals surface area contributed by atoms with Crippen LogP contribution < -0.4 is 10.3 Å². The number of nitrogens with one attached hydrogen (secondary N) is 1. The number of nitrogens with zero attached hydrogens (tertiary/aromatic N) is 3. The molecule has 0 spiro atoms. The van der Waals surface area contributed by atoms with Gasteiger partial charge in [-0.2, -0.15) is 5.10 Å². The Balaban J connectivity index is 1.65. The Hall–Kier alpha value is -2.75. The standard InChI is InChI=1S/C26H32N4O4S/c1-17-26(16-27-28-17,23(33-2)19-7-5-4-6-8-19)30(22-10-9-21(35-22)25(32)34-3)24(31)20-15-18-11-13-29(20)14-12-18/h4-10,16-18,20,23,28H,11-15H2,1-3H3. The fourth-order valence-corrected chi connectivity index (χ4v) is 6.87. The summed E-state index contributed by atoms with van der Waals surface area (Å²) >= 11 is 1.26. The van der Waals surface area contributed by atoms with Crippen molar-refractivity contribution in [2.45, 2.75) is 49.9 Å². The average molecular weight is 497 g/mol. The largest absolute Gasteiger partial charge is 0.465 e. The minimum absolute atomic E-state index is 0.0210. The third kappa shape index (κ3) is 4.05. The van der Waals surface area contributed by atoms with E-state index in [1.807, 2.05) is 54.4 Å². The van der Waals surface area contributed by atoms with Crippen molar-refractivity contribution >= 4 is 34.4 Å². The van der Waals surface area contributed by atoms with Crippen molar-refractivity contribution in [2.75, 3.05) is 32.2 Å². The predicted octanol–water partition coefficient (Wildman–Crippen LogP) is 3.46. The molecule has 4 atom stereocenters. The van der Waals surface area contributed by atoms with Crippen LogP contribution in [0.25, 0.3) is 0 Å². The number of methoxy groups -OCH3 is 2. The summed E-state index contributed by atoms with van der Waals surface area (Å²) in [6.07, 6.45) is 4.46. The Bertz CT molecular complexity index is 1100. The molecule has 5 heterocycles. The van der Waals surface area contributed by atoms with Crippen LogP contribution in [0.5, 0.6) is 0 Å². The number of hydrazone groups is 1. The molecule has 4 aliphatic heterocycles. The van der Waals surface area contributed by atoms with E-state index in [9.17, 15) is 9.59 Å². The van der Waals surface area contributed by atoms with E-state index in [4.69, 9.17) is 9.47 Å². The molecule has 6 rings (SSSR count). The van der Waals surface area contributed by atoms with Crippen LogP contribution in [-0.2, 0) is 14.3 Å². The maximum Gasteiger partial charge on any atom is 0.348 e. The highest BCUT2D eigenvalue weighted by atomic mass is 32.1. The van der Waals surface area contributed by atoms with Gasteiger partial charge < -0.3 is 14.9 Å². The minimum Gasteiger partial charge on any atom is -0.465 e. The van der Waals surface area contributed by atoms with E-state index in [1.54, 1.807) is 13.2 Å². The Labute approximate surface area is 209 Å². The van der Waals surface area contributed by atoms with Crippen LogP contribution in [0.15, 0.2) is 47.6 Å². The number of amides is 1. The van der Waals surface area contributed by atoms with Gasteiger partial charge in [-0.15, -0.1) is 11.3 Å². The smallest absolute Gasteiger partial charge is 0.348 e. The average Bonchev–Trinajstić information content (AvgIpc) is 3.53. The zero-order valence-electron chi connectivity index (χ0n) is 20.3. The molecule has 1 aromatic heterocycles. The monoisotopic (exact) mass is 496 g/mol. The molecule has 3 saturated heterocycles. The van der Waals surface area contributed by atoms with Crippen LogP contribution in [0.3, 0.4) is 0 Å². The lowest BCUT2D eigenvalue weighted by Gasteiger charge is -2.50. The zero-order chi connectivity index (χ0) is 24.6. The van der Waals surface area contributed by atoms with Crippen LogP contribution >= 0.6 is 11.3 Å². The summed E-state index contributed by atoms with van der Waals surface area (Å²) in [7, 11) is 3.03. The van der Waals surface area contributed by atoms with Crippen molar-refractivity contribution in [2.24, 2.45) is 11.0 Å². The van der Waals surface area contributed by atoms with E-state index in [0.29, 0.717) is 15.8 Å². The second kappa shape index (κ2) is 9.72. The topological polar surface area (TPSA) is 83.5 Å². The molecule has 2 bridgehead atoms. The van der Waals surface area contributed by atoms with Gasteiger partial charge in [0, 0.05) is 7.11 Å².